The van der Waals surface area contributed by atoms with E-state index in [1.807, 2.05) is 48.5 Å². The minimum Gasteiger partial charge on any atom is -0.263 e. The van der Waals surface area contributed by atoms with Crippen LogP contribution >= 0.6 is 22.7 Å². The number of rotatable bonds is 2. The Hall–Kier alpha value is -2.84. The van der Waals surface area contributed by atoms with Gasteiger partial charge in [0.2, 0.25) is 0 Å². The Balaban J connectivity index is 1.53. The first-order valence-corrected chi connectivity index (χ1v) is 9.18. The largest absolute Gasteiger partial charge is 0.320 e. The van der Waals surface area contributed by atoms with Crippen molar-refractivity contribution in [3.8, 4) is 0 Å². The maximum absolute atomic E-state index is 12.5. The lowest BCUT2D eigenvalue weighted by atomic mass is 10.3. The average molecular weight is 366 g/mol. The lowest BCUT2D eigenvalue weighted by Gasteiger charge is -2.12. The van der Waals surface area contributed by atoms with E-state index in [2.05, 4.69) is 9.97 Å². The SMILES string of the molecule is O=C1C(=O)N(c2nc3ccccc3s2)CN1c1nc2ccccc2s1. The Labute approximate surface area is 150 Å². The highest BCUT2D eigenvalue weighted by Gasteiger charge is 2.40. The monoisotopic (exact) mass is 366 g/mol. The van der Waals surface area contributed by atoms with Gasteiger partial charge in [-0.2, -0.15) is 0 Å². The summed E-state index contributed by atoms with van der Waals surface area (Å²) in [6.45, 7) is 0.136. The van der Waals surface area contributed by atoms with Gasteiger partial charge >= 0.3 is 11.8 Å². The molecule has 4 aromatic rings. The number of hydrogen-bond acceptors (Lipinski definition) is 6. The van der Waals surface area contributed by atoms with Gasteiger partial charge < -0.3 is 0 Å². The molecule has 0 saturated carbocycles. The summed E-state index contributed by atoms with van der Waals surface area (Å²) in [7, 11) is 0. The van der Waals surface area contributed by atoms with Gasteiger partial charge in [-0.3, -0.25) is 19.4 Å². The van der Waals surface area contributed by atoms with Crippen molar-refractivity contribution < 1.29 is 9.59 Å². The first-order valence-electron chi connectivity index (χ1n) is 7.55. The van der Waals surface area contributed by atoms with Crippen LogP contribution in [-0.4, -0.2) is 28.5 Å². The molecule has 1 fully saturated rings. The van der Waals surface area contributed by atoms with Gasteiger partial charge in [0.1, 0.15) is 6.67 Å². The second-order valence-electron chi connectivity index (χ2n) is 5.54. The first kappa shape index (κ1) is 14.5. The summed E-state index contributed by atoms with van der Waals surface area (Å²) in [6.07, 6.45) is 0. The number of thiazole rings is 2. The fraction of sp³-hybridized carbons (Fsp3) is 0.0588. The summed E-state index contributed by atoms with van der Waals surface area (Å²) in [5, 5.41) is 1.06. The molecular weight excluding hydrogens is 356 g/mol. The van der Waals surface area contributed by atoms with Crippen LogP contribution in [0.1, 0.15) is 0 Å². The average Bonchev–Trinajstić information content (AvgIpc) is 3.31. The third kappa shape index (κ3) is 2.22. The van der Waals surface area contributed by atoms with Gasteiger partial charge in [0.05, 0.1) is 20.4 Å². The highest BCUT2D eigenvalue weighted by molar-refractivity contribution is 7.23. The van der Waals surface area contributed by atoms with E-state index >= 15 is 0 Å². The first-order chi connectivity index (χ1) is 12.2. The van der Waals surface area contributed by atoms with E-state index in [-0.39, 0.29) is 6.67 Å². The Morgan fingerprint density at radius 3 is 1.60 bits per heavy atom. The number of benzene rings is 2. The van der Waals surface area contributed by atoms with Crippen LogP contribution in [0, 0.1) is 0 Å². The lowest BCUT2D eigenvalue weighted by molar-refractivity contribution is -0.133. The molecule has 3 heterocycles. The zero-order chi connectivity index (χ0) is 17.0. The smallest absolute Gasteiger partial charge is 0.263 e. The standard InChI is InChI=1S/C17H10N4O2S2/c22-14-15(23)21(17-19-11-6-2-4-8-13(11)25-17)9-20(14)16-18-10-5-1-3-7-12(10)24-16/h1-8H,9H2. The predicted molar refractivity (Wildman–Crippen MR) is 99.1 cm³/mol. The van der Waals surface area contributed by atoms with Gasteiger partial charge in [0, 0.05) is 0 Å². The van der Waals surface area contributed by atoms with Crippen molar-refractivity contribution in [2.45, 2.75) is 0 Å². The molecule has 1 aliphatic heterocycles. The molecular formula is C17H10N4O2S2. The van der Waals surface area contributed by atoms with E-state index in [0.717, 1.165) is 20.4 Å². The number of anilines is 2. The molecule has 2 aromatic carbocycles. The number of carbonyl (C=O) groups excluding carboxylic acids is 2. The maximum atomic E-state index is 12.5. The Bertz CT molecular complexity index is 994. The molecule has 25 heavy (non-hydrogen) atoms. The third-order valence-corrected chi connectivity index (χ3v) is 6.10. The molecule has 1 aliphatic rings. The van der Waals surface area contributed by atoms with Crippen LogP contribution in [0.25, 0.3) is 20.4 Å². The molecule has 0 spiro atoms. The highest BCUT2D eigenvalue weighted by Crippen LogP contribution is 2.34. The van der Waals surface area contributed by atoms with Gasteiger partial charge in [0.25, 0.3) is 0 Å². The van der Waals surface area contributed by atoms with Crippen LogP contribution < -0.4 is 9.80 Å². The second kappa shape index (κ2) is 5.33. The number of hydrogen-bond donors (Lipinski definition) is 0. The fourth-order valence-corrected chi connectivity index (χ4v) is 4.66. The number of amides is 2. The fourth-order valence-electron chi connectivity index (χ4n) is 2.75. The minimum absolute atomic E-state index is 0.136. The van der Waals surface area contributed by atoms with Crippen molar-refractivity contribution in [3.05, 3.63) is 48.5 Å². The molecule has 8 heteroatoms. The molecule has 0 N–H and O–H groups in total. The van der Waals surface area contributed by atoms with Gasteiger partial charge in [-0.1, -0.05) is 46.9 Å². The van der Waals surface area contributed by atoms with Crippen molar-refractivity contribution in [1.82, 2.24) is 9.97 Å². The van der Waals surface area contributed by atoms with E-state index in [4.69, 9.17) is 0 Å². The molecule has 0 unspecified atom stereocenters. The van der Waals surface area contributed by atoms with Crippen LogP contribution in [0.15, 0.2) is 48.5 Å². The normalized spacial score (nSPS) is 15.0. The molecule has 2 amide bonds. The zero-order valence-electron chi connectivity index (χ0n) is 12.7. The summed E-state index contributed by atoms with van der Waals surface area (Å²) in [6, 6.07) is 15.3. The lowest BCUT2D eigenvalue weighted by Crippen LogP contribution is -2.26. The Morgan fingerprint density at radius 1 is 0.720 bits per heavy atom. The number of fused-ring (bicyclic) bond motifs is 2. The van der Waals surface area contributed by atoms with Gasteiger partial charge in [-0.05, 0) is 24.3 Å². The summed E-state index contributed by atoms with van der Waals surface area (Å²) >= 11 is 2.80. The summed E-state index contributed by atoms with van der Waals surface area (Å²) in [4.78, 5) is 36.7. The minimum atomic E-state index is -0.571. The Kier molecular flexibility index (Phi) is 3.09. The van der Waals surface area contributed by atoms with Crippen molar-refractivity contribution in [2.24, 2.45) is 0 Å². The summed E-state index contributed by atoms with van der Waals surface area (Å²) < 4.78 is 1.97. The molecule has 0 aliphatic carbocycles. The second-order valence-corrected chi connectivity index (χ2v) is 7.55. The van der Waals surface area contributed by atoms with Crippen LogP contribution in [-0.2, 0) is 9.59 Å². The van der Waals surface area contributed by atoms with Crippen LogP contribution in [0.5, 0.6) is 0 Å². The molecule has 1 saturated heterocycles. The quantitative estimate of drug-likeness (QED) is 0.511. The molecule has 5 rings (SSSR count). The van der Waals surface area contributed by atoms with Crippen molar-refractivity contribution >= 4 is 65.2 Å². The Morgan fingerprint density at radius 2 is 1.16 bits per heavy atom. The van der Waals surface area contributed by atoms with Crippen LogP contribution in [0.4, 0.5) is 10.3 Å². The number of carbonyl (C=O) groups is 2. The molecule has 0 radical (unpaired) electrons. The maximum Gasteiger partial charge on any atom is 0.320 e. The number of aromatic nitrogens is 2. The summed E-state index contributed by atoms with van der Waals surface area (Å²) in [5.74, 6) is -1.14. The van der Waals surface area contributed by atoms with Gasteiger partial charge in [0.15, 0.2) is 10.3 Å². The van der Waals surface area contributed by atoms with Gasteiger partial charge in [-0.25, -0.2) is 9.97 Å². The van der Waals surface area contributed by atoms with E-state index in [9.17, 15) is 9.59 Å². The van der Waals surface area contributed by atoms with Crippen molar-refractivity contribution in [3.63, 3.8) is 0 Å². The molecule has 0 atom stereocenters. The van der Waals surface area contributed by atoms with Crippen LogP contribution in [0.2, 0.25) is 0 Å². The molecule has 2 aromatic heterocycles. The molecule has 6 nitrogen and oxygen atoms in total. The van der Waals surface area contributed by atoms with E-state index in [1.54, 1.807) is 0 Å². The topological polar surface area (TPSA) is 66.4 Å². The van der Waals surface area contributed by atoms with Crippen molar-refractivity contribution in [1.29, 1.82) is 0 Å². The van der Waals surface area contributed by atoms with E-state index < -0.39 is 11.8 Å². The molecule has 0 bridgehead atoms. The number of nitrogens with zero attached hydrogens (tertiary/aromatic N) is 4. The van der Waals surface area contributed by atoms with Crippen LogP contribution in [0.3, 0.4) is 0 Å². The van der Waals surface area contributed by atoms with E-state index in [0.29, 0.717) is 10.3 Å². The predicted octanol–water partition coefficient (Wildman–Crippen LogP) is 3.24. The van der Waals surface area contributed by atoms with E-state index in [1.165, 1.54) is 32.5 Å². The van der Waals surface area contributed by atoms with Gasteiger partial charge in [-0.15, -0.1) is 0 Å². The summed E-state index contributed by atoms with van der Waals surface area (Å²) in [5.41, 5.74) is 1.64. The molecule has 122 valence electrons. The van der Waals surface area contributed by atoms with Crippen molar-refractivity contribution in [2.75, 3.05) is 16.5 Å². The zero-order valence-corrected chi connectivity index (χ0v) is 14.4. The highest BCUT2D eigenvalue weighted by atomic mass is 32.1. The third-order valence-electron chi connectivity index (χ3n) is 3.98. The number of para-hydroxylation sites is 2.